The number of aliphatic imine (C=N–C) groups is 1. The van der Waals surface area contributed by atoms with Gasteiger partial charge in [-0.15, -0.1) is 0 Å². The molecule has 3 heteroatoms. The van der Waals surface area contributed by atoms with Gasteiger partial charge < -0.3 is 5.32 Å². The van der Waals surface area contributed by atoms with Crippen molar-refractivity contribution in [2.45, 2.75) is 37.1 Å². The fourth-order valence-corrected chi connectivity index (χ4v) is 2.89. The van der Waals surface area contributed by atoms with Gasteiger partial charge in [-0.2, -0.15) is 4.99 Å². The van der Waals surface area contributed by atoms with E-state index < -0.39 is 0 Å². The molecule has 1 aromatic carbocycles. The molecule has 0 aromatic heterocycles. The maximum absolute atomic E-state index is 10.4. The summed E-state index contributed by atoms with van der Waals surface area (Å²) in [6, 6.07) is 8.72. The van der Waals surface area contributed by atoms with Crippen molar-refractivity contribution in [1.82, 2.24) is 5.32 Å². The fraction of sp³-hybridized carbons (Fsp3) is 0.533. The smallest absolute Gasteiger partial charge is 0.235 e. The maximum atomic E-state index is 10.4. The van der Waals surface area contributed by atoms with E-state index in [2.05, 4.69) is 34.6 Å². The number of hydrogen-bond acceptors (Lipinski definition) is 3. The predicted octanol–water partition coefficient (Wildman–Crippen LogP) is 2.48. The van der Waals surface area contributed by atoms with Crippen LogP contribution in [-0.2, 0) is 10.3 Å². The minimum atomic E-state index is -0.228. The van der Waals surface area contributed by atoms with E-state index in [-0.39, 0.29) is 5.54 Å². The van der Waals surface area contributed by atoms with Crippen molar-refractivity contribution in [2.75, 3.05) is 13.1 Å². The molecule has 1 saturated carbocycles. The zero-order valence-corrected chi connectivity index (χ0v) is 10.5. The molecular formula is C15H18N2O. The summed E-state index contributed by atoms with van der Waals surface area (Å²) in [6.07, 6.45) is 6.11. The Bertz CT molecular complexity index is 464. The molecular weight excluding hydrogens is 224 g/mol. The van der Waals surface area contributed by atoms with E-state index in [1.165, 1.54) is 24.0 Å². The lowest BCUT2D eigenvalue weighted by atomic mass is 9.89. The fourth-order valence-electron chi connectivity index (χ4n) is 2.89. The maximum Gasteiger partial charge on any atom is 0.235 e. The standard InChI is InChI=1S/C15H18N2O/c18-11-17-15(7-8-15)14-3-1-12(2-4-14)13-5-9-16-10-6-13/h1-4,13,16H,5-10H2. The van der Waals surface area contributed by atoms with Crippen LogP contribution in [0.1, 0.15) is 42.7 Å². The van der Waals surface area contributed by atoms with Crippen molar-refractivity contribution >= 4 is 6.08 Å². The van der Waals surface area contributed by atoms with Crippen LogP contribution < -0.4 is 5.32 Å². The number of carbonyl (C=O) groups excluding carboxylic acids is 1. The van der Waals surface area contributed by atoms with Crippen LogP contribution in [0.15, 0.2) is 29.3 Å². The first-order valence-electron chi connectivity index (χ1n) is 6.74. The highest BCUT2D eigenvalue weighted by Gasteiger charge is 2.44. The van der Waals surface area contributed by atoms with Gasteiger partial charge in [0.05, 0.1) is 5.54 Å². The zero-order chi connectivity index (χ0) is 12.4. The molecule has 1 aromatic rings. The molecule has 1 N–H and O–H groups in total. The van der Waals surface area contributed by atoms with Gasteiger partial charge in [-0.05, 0) is 55.8 Å². The molecule has 0 amide bonds. The Morgan fingerprint density at radius 3 is 2.39 bits per heavy atom. The van der Waals surface area contributed by atoms with Crippen molar-refractivity contribution < 1.29 is 4.79 Å². The van der Waals surface area contributed by atoms with Crippen LogP contribution in [0.4, 0.5) is 0 Å². The Labute approximate surface area is 107 Å². The van der Waals surface area contributed by atoms with Gasteiger partial charge in [0.15, 0.2) is 0 Å². The quantitative estimate of drug-likeness (QED) is 0.653. The largest absolute Gasteiger partial charge is 0.317 e. The monoisotopic (exact) mass is 242 g/mol. The summed E-state index contributed by atoms with van der Waals surface area (Å²) in [5.41, 5.74) is 2.36. The van der Waals surface area contributed by atoms with E-state index in [0.717, 1.165) is 25.9 Å². The van der Waals surface area contributed by atoms with E-state index in [9.17, 15) is 4.79 Å². The Hall–Kier alpha value is -1.44. The molecule has 0 unspecified atom stereocenters. The summed E-state index contributed by atoms with van der Waals surface area (Å²) in [6.45, 7) is 2.23. The number of nitrogens with one attached hydrogen (secondary N) is 1. The van der Waals surface area contributed by atoms with Crippen LogP contribution >= 0.6 is 0 Å². The van der Waals surface area contributed by atoms with Crippen molar-refractivity contribution in [1.29, 1.82) is 0 Å². The van der Waals surface area contributed by atoms with Crippen molar-refractivity contribution in [2.24, 2.45) is 4.99 Å². The summed E-state index contributed by atoms with van der Waals surface area (Å²) < 4.78 is 0. The van der Waals surface area contributed by atoms with Gasteiger partial charge >= 0.3 is 0 Å². The number of nitrogens with zero attached hydrogens (tertiary/aromatic N) is 1. The van der Waals surface area contributed by atoms with Crippen LogP contribution in [-0.4, -0.2) is 19.2 Å². The Kier molecular flexibility index (Phi) is 3.02. The van der Waals surface area contributed by atoms with Crippen molar-refractivity contribution in [3.05, 3.63) is 35.4 Å². The molecule has 2 fully saturated rings. The van der Waals surface area contributed by atoms with Crippen LogP contribution in [0.5, 0.6) is 0 Å². The van der Waals surface area contributed by atoms with E-state index in [1.807, 2.05) is 0 Å². The molecule has 1 aliphatic heterocycles. The highest BCUT2D eigenvalue weighted by atomic mass is 16.1. The molecule has 1 heterocycles. The van der Waals surface area contributed by atoms with E-state index >= 15 is 0 Å². The van der Waals surface area contributed by atoms with Gasteiger partial charge in [-0.1, -0.05) is 24.3 Å². The van der Waals surface area contributed by atoms with Crippen LogP contribution in [0.2, 0.25) is 0 Å². The Morgan fingerprint density at radius 2 is 1.83 bits per heavy atom. The van der Waals surface area contributed by atoms with Gasteiger partial charge in [0.25, 0.3) is 0 Å². The summed E-state index contributed by atoms with van der Waals surface area (Å²) in [7, 11) is 0. The zero-order valence-electron chi connectivity index (χ0n) is 10.5. The molecule has 0 radical (unpaired) electrons. The summed E-state index contributed by atoms with van der Waals surface area (Å²) >= 11 is 0. The van der Waals surface area contributed by atoms with E-state index in [4.69, 9.17) is 0 Å². The lowest BCUT2D eigenvalue weighted by Crippen LogP contribution is -2.26. The second kappa shape index (κ2) is 4.68. The van der Waals surface area contributed by atoms with Gasteiger partial charge in [-0.3, -0.25) is 0 Å². The second-order valence-electron chi connectivity index (χ2n) is 5.38. The third-order valence-electron chi connectivity index (χ3n) is 4.24. The second-order valence-corrected chi connectivity index (χ2v) is 5.38. The number of piperidine rings is 1. The molecule has 3 nitrogen and oxygen atoms in total. The van der Waals surface area contributed by atoms with Gasteiger partial charge in [0.1, 0.15) is 0 Å². The molecule has 0 spiro atoms. The molecule has 0 bridgehead atoms. The SMILES string of the molecule is O=C=NC1(c2ccc(C3CCNCC3)cc2)CC1. The highest BCUT2D eigenvalue weighted by molar-refractivity contribution is 5.42. The lowest BCUT2D eigenvalue weighted by Gasteiger charge is -2.23. The summed E-state index contributed by atoms with van der Waals surface area (Å²) in [5.74, 6) is 0.685. The number of isocyanates is 1. The van der Waals surface area contributed by atoms with Crippen LogP contribution in [0, 0.1) is 0 Å². The first kappa shape index (κ1) is 11.6. The van der Waals surface area contributed by atoms with Gasteiger partial charge in [0.2, 0.25) is 6.08 Å². The normalized spacial score (nSPS) is 22.2. The van der Waals surface area contributed by atoms with Crippen molar-refractivity contribution in [3.63, 3.8) is 0 Å². The molecule has 94 valence electrons. The molecule has 2 aliphatic rings. The van der Waals surface area contributed by atoms with Crippen LogP contribution in [0.3, 0.4) is 0 Å². The molecule has 18 heavy (non-hydrogen) atoms. The topological polar surface area (TPSA) is 41.5 Å². The van der Waals surface area contributed by atoms with E-state index in [1.54, 1.807) is 6.08 Å². The van der Waals surface area contributed by atoms with Crippen LogP contribution in [0.25, 0.3) is 0 Å². The van der Waals surface area contributed by atoms with E-state index in [0.29, 0.717) is 5.92 Å². The predicted molar refractivity (Wildman–Crippen MR) is 70.3 cm³/mol. The molecule has 1 aliphatic carbocycles. The number of rotatable bonds is 3. The minimum absolute atomic E-state index is 0.228. The molecule has 3 rings (SSSR count). The summed E-state index contributed by atoms with van der Waals surface area (Å²) in [4.78, 5) is 14.4. The third kappa shape index (κ3) is 2.12. The van der Waals surface area contributed by atoms with Gasteiger partial charge in [-0.25, -0.2) is 4.79 Å². The lowest BCUT2D eigenvalue weighted by molar-refractivity contribution is 0.460. The summed E-state index contributed by atoms with van der Waals surface area (Å²) in [5, 5.41) is 3.39. The average molecular weight is 242 g/mol. The number of hydrogen-bond donors (Lipinski definition) is 1. The minimum Gasteiger partial charge on any atom is -0.317 e. The molecule has 0 atom stereocenters. The first-order chi connectivity index (χ1) is 8.84. The van der Waals surface area contributed by atoms with Gasteiger partial charge in [0, 0.05) is 0 Å². The third-order valence-corrected chi connectivity index (χ3v) is 4.24. The Balaban J connectivity index is 1.78. The average Bonchev–Trinajstić information content (AvgIpc) is 3.21. The highest BCUT2D eigenvalue weighted by Crippen LogP contribution is 2.49. The number of benzene rings is 1. The molecule has 1 saturated heterocycles. The van der Waals surface area contributed by atoms with Crippen molar-refractivity contribution in [3.8, 4) is 0 Å². The Morgan fingerprint density at radius 1 is 1.17 bits per heavy atom. The first-order valence-corrected chi connectivity index (χ1v) is 6.74.